The molecule has 0 saturated carbocycles. The molecule has 0 spiro atoms. The van der Waals surface area contributed by atoms with E-state index >= 15 is 0 Å². The highest BCUT2D eigenvalue weighted by atomic mass is 19.4. The molecule has 106 valence electrons. The van der Waals surface area contributed by atoms with Crippen molar-refractivity contribution in [1.82, 2.24) is 0 Å². The molecule has 0 heterocycles. The first-order valence-electron chi connectivity index (χ1n) is 4.86. The van der Waals surface area contributed by atoms with E-state index in [4.69, 9.17) is 0 Å². The predicted molar refractivity (Wildman–Crippen MR) is 53.0 cm³/mol. The summed E-state index contributed by atoms with van der Waals surface area (Å²) in [6.45, 7) is 0.761. The molecule has 0 aromatic heterocycles. The number of rotatable bonds is 2. The average molecular weight is 286 g/mol. The molecule has 8 heteroatoms. The highest BCUT2D eigenvalue weighted by Gasteiger charge is 2.47. The van der Waals surface area contributed by atoms with Crippen molar-refractivity contribution in [1.29, 1.82) is 0 Å². The van der Waals surface area contributed by atoms with Gasteiger partial charge in [-0.25, -0.2) is 0 Å². The quantitative estimate of drug-likeness (QED) is 0.608. The van der Waals surface area contributed by atoms with E-state index in [1.807, 2.05) is 0 Å². The van der Waals surface area contributed by atoms with Crippen LogP contribution in [0.5, 0.6) is 5.75 Å². The Labute approximate surface area is 104 Å². The fraction of sp³-hybridized carbons (Fsp3) is 0.364. The highest BCUT2D eigenvalue weighted by molar-refractivity contribution is 5.96. The molecule has 0 saturated heterocycles. The summed E-state index contributed by atoms with van der Waals surface area (Å²) in [6, 6.07) is 1.36. The fourth-order valence-corrected chi connectivity index (χ4v) is 1.62. The topological polar surface area (TPSA) is 26.3 Å². The van der Waals surface area contributed by atoms with E-state index in [1.54, 1.807) is 0 Å². The Balaban J connectivity index is 3.83. The van der Waals surface area contributed by atoms with E-state index in [0.717, 1.165) is 14.0 Å². The number of carbonyl (C=O) groups is 1. The maximum atomic E-state index is 12.8. The largest absolute Gasteiger partial charge is 0.496 e. The zero-order chi connectivity index (χ0) is 15.0. The molecular formula is C11H8F6O2. The van der Waals surface area contributed by atoms with Gasteiger partial charge in [0, 0.05) is 5.56 Å². The summed E-state index contributed by atoms with van der Waals surface area (Å²) < 4.78 is 81.1. The Kier molecular flexibility index (Phi) is 3.83. The second-order valence-corrected chi connectivity index (χ2v) is 3.62. The number of ketones is 1. The van der Waals surface area contributed by atoms with Crippen molar-refractivity contribution in [3.8, 4) is 5.75 Å². The van der Waals surface area contributed by atoms with Crippen LogP contribution in [0.3, 0.4) is 0 Å². The maximum absolute atomic E-state index is 12.8. The normalized spacial score (nSPS) is 12.4. The molecule has 1 aromatic carbocycles. The second kappa shape index (κ2) is 4.75. The lowest BCUT2D eigenvalue weighted by molar-refractivity contribution is -0.163. The Morgan fingerprint density at radius 1 is 1.00 bits per heavy atom. The van der Waals surface area contributed by atoms with Crippen molar-refractivity contribution in [2.24, 2.45) is 0 Å². The molecule has 0 aliphatic rings. The number of carbonyl (C=O) groups excluding carboxylic acids is 1. The SMILES string of the molecule is COc1ccc(C(C)=O)c(C(F)(F)F)c1C(F)(F)F. The Bertz CT molecular complexity index is 501. The van der Waals surface area contributed by atoms with Crippen molar-refractivity contribution in [3.63, 3.8) is 0 Å². The number of Topliss-reactive ketones (excluding diaryl/α,β-unsaturated/α-hetero) is 1. The molecule has 0 unspecified atom stereocenters. The van der Waals surface area contributed by atoms with Gasteiger partial charge in [-0.2, -0.15) is 26.3 Å². The van der Waals surface area contributed by atoms with Crippen molar-refractivity contribution in [3.05, 3.63) is 28.8 Å². The lowest BCUT2D eigenvalue weighted by Crippen LogP contribution is -2.21. The minimum atomic E-state index is -5.32. The molecule has 19 heavy (non-hydrogen) atoms. The summed E-state index contributed by atoms with van der Waals surface area (Å²) in [5, 5.41) is 0. The summed E-state index contributed by atoms with van der Waals surface area (Å²) >= 11 is 0. The Morgan fingerprint density at radius 2 is 1.47 bits per heavy atom. The summed E-state index contributed by atoms with van der Waals surface area (Å²) in [4.78, 5) is 11.1. The van der Waals surface area contributed by atoms with Crippen molar-refractivity contribution in [2.75, 3.05) is 7.11 Å². The number of benzene rings is 1. The van der Waals surface area contributed by atoms with E-state index in [2.05, 4.69) is 4.74 Å². The zero-order valence-electron chi connectivity index (χ0n) is 9.74. The van der Waals surface area contributed by atoms with E-state index < -0.39 is 40.6 Å². The maximum Gasteiger partial charge on any atom is 0.420 e. The van der Waals surface area contributed by atoms with Crippen molar-refractivity contribution < 1.29 is 35.9 Å². The van der Waals surface area contributed by atoms with Crippen LogP contribution in [0.4, 0.5) is 26.3 Å². The van der Waals surface area contributed by atoms with E-state index in [0.29, 0.717) is 12.1 Å². The van der Waals surface area contributed by atoms with Gasteiger partial charge >= 0.3 is 12.4 Å². The molecule has 0 aliphatic heterocycles. The molecule has 0 radical (unpaired) electrons. The lowest BCUT2D eigenvalue weighted by atomic mass is 9.96. The predicted octanol–water partition coefficient (Wildman–Crippen LogP) is 3.94. The van der Waals surface area contributed by atoms with Gasteiger partial charge in [-0.05, 0) is 19.1 Å². The number of alkyl halides is 6. The molecule has 0 fully saturated rings. The Morgan fingerprint density at radius 3 is 1.79 bits per heavy atom. The van der Waals surface area contributed by atoms with Crippen LogP contribution in [-0.2, 0) is 12.4 Å². The molecule has 0 atom stereocenters. The summed E-state index contributed by atoms with van der Waals surface area (Å²) in [5.74, 6) is -2.09. The molecule has 0 amide bonds. The number of hydrogen-bond acceptors (Lipinski definition) is 2. The van der Waals surface area contributed by atoms with Gasteiger partial charge in [0.15, 0.2) is 5.78 Å². The van der Waals surface area contributed by atoms with Crippen LogP contribution in [0.25, 0.3) is 0 Å². The standard InChI is InChI=1S/C11H8F6O2/c1-5(18)6-3-4-7(19-2)9(11(15,16)17)8(6)10(12,13)14/h3-4H,1-2H3. The first-order valence-corrected chi connectivity index (χ1v) is 4.86. The van der Waals surface area contributed by atoms with Crippen LogP contribution in [0.1, 0.15) is 28.4 Å². The van der Waals surface area contributed by atoms with Gasteiger partial charge in [0.25, 0.3) is 0 Å². The van der Waals surface area contributed by atoms with Crippen LogP contribution < -0.4 is 4.74 Å². The minimum Gasteiger partial charge on any atom is -0.496 e. The van der Waals surface area contributed by atoms with Crippen LogP contribution in [0.2, 0.25) is 0 Å². The molecule has 0 aliphatic carbocycles. The summed E-state index contributed by atoms with van der Waals surface area (Å²) in [6.07, 6.45) is -10.6. The van der Waals surface area contributed by atoms with Gasteiger partial charge in [0.1, 0.15) is 11.3 Å². The monoisotopic (exact) mass is 286 g/mol. The first kappa shape index (κ1) is 15.3. The van der Waals surface area contributed by atoms with Gasteiger partial charge in [-0.15, -0.1) is 0 Å². The van der Waals surface area contributed by atoms with Crippen LogP contribution >= 0.6 is 0 Å². The van der Waals surface area contributed by atoms with Crippen LogP contribution in [0.15, 0.2) is 12.1 Å². The lowest BCUT2D eigenvalue weighted by Gasteiger charge is -2.20. The highest BCUT2D eigenvalue weighted by Crippen LogP contribution is 2.46. The molecule has 0 N–H and O–H groups in total. The third-order valence-corrected chi connectivity index (χ3v) is 2.33. The summed E-state index contributed by atoms with van der Waals surface area (Å²) in [5.41, 5.74) is -5.05. The van der Waals surface area contributed by atoms with Gasteiger partial charge in [-0.3, -0.25) is 4.79 Å². The second-order valence-electron chi connectivity index (χ2n) is 3.62. The smallest absolute Gasteiger partial charge is 0.420 e. The molecule has 2 nitrogen and oxygen atoms in total. The fourth-order valence-electron chi connectivity index (χ4n) is 1.62. The average Bonchev–Trinajstić information content (AvgIpc) is 2.24. The van der Waals surface area contributed by atoms with Gasteiger partial charge < -0.3 is 4.74 Å². The number of hydrogen-bond donors (Lipinski definition) is 0. The third kappa shape index (κ3) is 2.99. The number of ether oxygens (including phenoxy) is 1. The van der Waals surface area contributed by atoms with Gasteiger partial charge in [-0.1, -0.05) is 0 Å². The van der Waals surface area contributed by atoms with E-state index in [-0.39, 0.29) is 0 Å². The molecule has 1 rings (SSSR count). The Hall–Kier alpha value is -1.73. The summed E-state index contributed by atoms with van der Waals surface area (Å²) in [7, 11) is 0.818. The number of halogens is 6. The van der Waals surface area contributed by atoms with E-state index in [9.17, 15) is 31.1 Å². The van der Waals surface area contributed by atoms with Gasteiger partial charge in [0.2, 0.25) is 0 Å². The first-order chi connectivity index (χ1) is 8.50. The van der Waals surface area contributed by atoms with Crippen molar-refractivity contribution >= 4 is 5.78 Å². The molecular weight excluding hydrogens is 278 g/mol. The third-order valence-electron chi connectivity index (χ3n) is 2.33. The van der Waals surface area contributed by atoms with Crippen LogP contribution in [-0.4, -0.2) is 12.9 Å². The van der Waals surface area contributed by atoms with Crippen LogP contribution in [0, 0.1) is 0 Å². The minimum absolute atomic E-state index is 0.666. The molecule has 1 aromatic rings. The van der Waals surface area contributed by atoms with E-state index in [1.165, 1.54) is 0 Å². The zero-order valence-corrected chi connectivity index (χ0v) is 9.74. The molecule has 0 bridgehead atoms. The number of methoxy groups -OCH3 is 1. The van der Waals surface area contributed by atoms with Gasteiger partial charge in [0.05, 0.1) is 12.7 Å². The van der Waals surface area contributed by atoms with Crippen molar-refractivity contribution in [2.45, 2.75) is 19.3 Å².